The summed E-state index contributed by atoms with van der Waals surface area (Å²) < 4.78 is 5.12. The molecule has 1 fully saturated rings. The topological polar surface area (TPSA) is 66.8 Å². The summed E-state index contributed by atoms with van der Waals surface area (Å²) in [6, 6.07) is -0.877. The van der Waals surface area contributed by atoms with Crippen LogP contribution in [0.25, 0.3) is 0 Å². The van der Waals surface area contributed by atoms with Gasteiger partial charge in [0.2, 0.25) is 0 Å². The Hall–Kier alpha value is -0.970. The van der Waals surface area contributed by atoms with Gasteiger partial charge in [0.1, 0.15) is 11.6 Å². The Bertz CT molecular complexity index is 300. The number of alkyl halides is 1. The molecular weight excluding hydrogens is 234 g/mol. The minimum atomic E-state index is -1.05. The molecular formula is C10H16ClNO4. The summed E-state index contributed by atoms with van der Waals surface area (Å²) in [5.41, 5.74) is -0.634. The highest BCUT2D eigenvalue weighted by atomic mass is 35.5. The predicted octanol–water partition coefficient (Wildman–Crippen LogP) is 1.69. The number of aliphatic carboxylic acids is 1. The zero-order valence-corrected chi connectivity index (χ0v) is 10.3. The molecule has 2 atom stereocenters. The predicted molar refractivity (Wildman–Crippen MR) is 58.6 cm³/mol. The van der Waals surface area contributed by atoms with E-state index >= 15 is 0 Å². The van der Waals surface area contributed by atoms with Gasteiger partial charge in [0.15, 0.2) is 0 Å². The number of halogens is 1. The lowest BCUT2D eigenvalue weighted by atomic mass is 10.2. The quantitative estimate of drug-likeness (QED) is 0.718. The third-order valence-electron chi connectivity index (χ3n) is 2.16. The third-order valence-corrected chi connectivity index (χ3v) is 2.48. The van der Waals surface area contributed by atoms with Crippen molar-refractivity contribution in [3.63, 3.8) is 0 Å². The second-order valence-electron chi connectivity index (χ2n) is 4.82. The van der Waals surface area contributed by atoms with E-state index in [1.165, 1.54) is 4.90 Å². The average Bonchev–Trinajstić information content (AvgIpc) is 2.44. The van der Waals surface area contributed by atoms with Crippen molar-refractivity contribution in [3.05, 3.63) is 0 Å². The molecule has 0 aromatic rings. The second kappa shape index (κ2) is 4.49. The molecule has 0 radical (unpaired) electrons. The molecule has 1 rings (SSSR count). The number of amides is 1. The van der Waals surface area contributed by atoms with Gasteiger partial charge >= 0.3 is 12.1 Å². The molecule has 5 nitrogen and oxygen atoms in total. The van der Waals surface area contributed by atoms with Crippen LogP contribution in [-0.2, 0) is 9.53 Å². The zero-order chi connectivity index (χ0) is 12.5. The molecule has 0 saturated carbocycles. The van der Waals surface area contributed by atoms with Crippen LogP contribution in [0.3, 0.4) is 0 Å². The molecule has 0 aromatic heterocycles. The molecule has 0 aromatic carbocycles. The summed E-state index contributed by atoms with van der Waals surface area (Å²) in [4.78, 5) is 23.8. The summed E-state index contributed by atoms with van der Waals surface area (Å²) in [6.07, 6.45) is -0.362. The van der Waals surface area contributed by atoms with Crippen LogP contribution in [0.5, 0.6) is 0 Å². The average molecular weight is 250 g/mol. The number of rotatable bonds is 1. The van der Waals surface area contributed by atoms with Crippen LogP contribution in [0, 0.1) is 0 Å². The molecule has 0 spiro atoms. The molecule has 1 heterocycles. The van der Waals surface area contributed by atoms with Crippen LogP contribution in [-0.4, -0.2) is 45.6 Å². The maximum absolute atomic E-state index is 11.7. The van der Waals surface area contributed by atoms with E-state index < -0.39 is 23.7 Å². The molecule has 16 heavy (non-hydrogen) atoms. The van der Waals surface area contributed by atoms with Gasteiger partial charge in [-0.2, -0.15) is 0 Å². The molecule has 92 valence electrons. The van der Waals surface area contributed by atoms with Crippen molar-refractivity contribution in [2.24, 2.45) is 0 Å². The Morgan fingerprint density at radius 3 is 2.44 bits per heavy atom. The molecule has 0 bridgehead atoms. The van der Waals surface area contributed by atoms with Crippen LogP contribution in [0.2, 0.25) is 0 Å². The SMILES string of the molecule is CC(C)(C)OC(=O)N1C[C@H](Cl)C[C@H]1C(=O)O. The maximum atomic E-state index is 11.7. The van der Waals surface area contributed by atoms with E-state index in [-0.39, 0.29) is 18.3 Å². The number of carbonyl (C=O) groups excluding carboxylic acids is 1. The van der Waals surface area contributed by atoms with Crippen LogP contribution in [0.4, 0.5) is 4.79 Å². The lowest BCUT2D eigenvalue weighted by Crippen LogP contribution is -2.43. The van der Waals surface area contributed by atoms with Gasteiger partial charge in [-0.25, -0.2) is 9.59 Å². The van der Waals surface area contributed by atoms with Gasteiger partial charge in [0, 0.05) is 6.54 Å². The first-order chi connectivity index (χ1) is 7.20. The number of hydrogen-bond donors (Lipinski definition) is 1. The van der Waals surface area contributed by atoms with Crippen LogP contribution in [0.1, 0.15) is 27.2 Å². The van der Waals surface area contributed by atoms with Crippen molar-refractivity contribution in [2.75, 3.05) is 6.54 Å². The molecule has 0 unspecified atom stereocenters. The normalized spacial score (nSPS) is 25.6. The standard InChI is InChI=1S/C10H16ClNO4/c1-10(2,3)16-9(15)12-5-6(11)4-7(12)8(13)14/h6-7H,4-5H2,1-3H3,(H,13,14)/t6-,7+/m1/s1. The number of carboxylic acids is 1. The fourth-order valence-electron chi connectivity index (χ4n) is 1.54. The van der Waals surface area contributed by atoms with E-state index in [1.54, 1.807) is 20.8 Å². The van der Waals surface area contributed by atoms with Crippen LogP contribution >= 0.6 is 11.6 Å². The summed E-state index contributed by atoms with van der Waals surface area (Å²) in [5.74, 6) is -1.05. The Morgan fingerprint density at radius 1 is 1.44 bits per heavy atom. The lowest BCUT2D eigenvalue weighted by Gasteiger charge is -2.26. The Morgan fingerprint density at radius 2 is 2.00 bits per heavy atom. The highest BCUT2D eigenvalue weighted by Gasteiger charge is 2.40. The summed E-state index contributed by atoms with van der Waals surface area (Å²) >= 11 is 5.85. The maximum Gasteiger partial charge on any atom is 0.411 e. The van der Waals surface area contributed by atoms with Crippen molar-refractivity contribution in [1.82, 2.24) is 4.90 Å². The van der Waals surface area contributed by atoms with E-state index in [0.29, 0.717) is 0 Å². The first-order valence-corrected chi connectivity index (χ1v) is 5.51. The third kappa shape index (κ3) is 3.27. The Balaban J connectivity index is 2.71. The summed E-state index contributed by atoms with van der Waals surface area (Å²) in [5, 5.41) is 8.62. The van der Waals surface area contributed by atoms with Gasteiger partial charge in [0.25, 0.3) is 0 Å². The van der Waals surface area contributed by atoms with Crippen molar-refractivity contribution in [2.45, 2.75) is 44.2 Å². The lowest BCUT2D eigenvalue weighted by molar-refractivity contribution is -0.142. The van der Waals surface area contributed by atoms with Gasteiger partial charge in [-0.15, -0.1) is 11.6 Å². The smallest absolute Gasteiger partial charge is 0.411 e. The van der Waals surface area contributed by atoms with E-state index in [9.17, 15) is 9.59 Å². The van der Waals surface area contributed by atoms with Crippen molar-refractivity contribution in [3.8, 4) is 0 Å². The fraction of sp³-hybridized carbons (Fsp3) is 0.800. The number of carboxylic acid groups (broad SMARTS) is 1. The highest BCUT2D eigenvalue weighted by molar-refractivity contribution is 6.21. The monoisotopic (exact) mass is 249 g/mol. The van der Waals surface area contributed by atoms with E-state index in [2.05, 4.69) is 0 Å². The zero-order valence-electron chi connectivity index (χ0n) is 9.57. The molecule has 1 saturated heterocycles. The number of hydrogen-bond acceptors (Lipinski definition) is 3. The van der Waals surface area contributed by atoms with Crippen molar-refractivity contribution >= 4 is 23.7 Å². The minimum Gasteiger partial charge on any atom is -0.480 e. The van der Waals surface area contributed by atoms with Gasteiger partial charge in [0.05, 0.1) is 5.38 Å². The van der Waals surface area contributed by atoms with E-state index in [4.69, 9.17) is 21.4 Å². The number of carbonyl (C=O) groups is 2. The Kier molecular flexibility index (Phi) is 3.68. The number of nitrogens with zero attached hydrogens (tertiary/aromatic N) is 1. The van der Waals surface area contributed by atoms with E-state index in [0.717, 1.165) is 0 Å². The molecule has 0 aliphatic carbocycles. The molecule has 1 aliphatic heterocycles. The van der Waals surface area contributed by atoms with E-state index in [1.807, 2.05) is 0 Å². The van der Waals surface area contributed by atoms with Gasteiger partial charge in [-0.05, 0) is 27.2 Å². The summed E-state index contributed by atoms with van der Waals surface area (Å²) in [7, 11) is 0. The van der Waals surface area contributed by atoms with Crippen molar-refractivity contribution in [1.29, 1.82) is 0 Å². The van der Waals surface area contributed by atoms with Crippen LogP contribution < -0.4 is 0 Å². The molecule has 6 heteroatoms. The molecule has 1 amide bonds. The summed E-state index contributed by atoms with van der Waals surface area (Å²) in [6.45, 7) is 5.41. The Labute approximate surface area is 99.3 Å². The van der Waals surface area contributed by atoms with Gasteiger partial charge < -0.3 is 9.84 Å². The number of likely N-dealkylation sites (tertiary alicyclic amines) is 1. The second-order valence-corrected chi connectivity index (χ2v) is 5.44. The van der Waals surface area contributed by atoms with Gasteiger partial charge in [-0.1, -0.05) is 0 Å². The van der Waals surface area contributed by atoms with Crippen molar-refractivity contribution < 1.29 is 19.4 Å². The van der Waals surface area contributed by atoms with Gasteiger partial charge in [-0.3, -0.25) is 4.90 Å². The molecule has 1 N–H and O–H groups in total. The van der Waals surface area contributed by atoms with Crippen LogP contribution in [0.15, 0.2) is 0 Å². The first kappa shape index (κ1) is 13.1. The molecule has 1 aliphatic rings. The number of ether oxygens (including phenoxy) is 1. The highest BCUT2D eigenvalue weighted by Crippen LogP contribution is 2.24. The first-order valence-electron chi connectivity index (χ1n) is 5.07. The minimum absolute atomic E-state index is 0.216. The fourth-order valence-corrected chi connectivity index (χ4v) is 1.86. The largest absolute Gasteiger partial charge is 0.480 e.